The van der Waals surface area contributed by atoms with Crippen molar-refractivity contribution in [2.75, 3.05) is 26.2 Å². The van der Waals surface area contributed by atoms with E-state index in [-0.39, 0.29) is 11.9 Å². The Morgan fingerprint density at radius 2 is 2.30 bits per heavy atom. The van der Waals surface area contributed by atoms with Crippen LogP contribution in [0.3, 0.4) is 0 Å². The summed E-state index contributed by atoms with van der Waals surface area (Å²) in [5.41, 5.74) is 0.955. The number of carbonyl (C=O) groups is 1. The standard InChI is InChI=1S/C15H22ClN3O/c1-11-9-17-7-8-19(11)10-15(20)18-12(2)13-5-3-4-6-14(13)16/h3-6,11-12,17H,7-10H2,1-2H3,(H,18,20)/t11-,12?/m0/s1. The predicted molar refractivity (Wildman–Crippen MR) is 81.9 cm³/mol. The van der Waals surface area contributed by atoms with Crippen molar-refractivity contribution in [3.8, 4) is 0 Å². The molecule has 4 nitrogen and oxygen atoms in total. The average Bonchev–Trinajstić information content (AvgIpc) is 2.41. The summed E-state index contributed by atoms with van der Waals surface area (Å²) in [5.74, 6) is 0.0474. The minimum atomic E-state index is -0.0746. The van der Waals surface area contributed by atoms with Gasteiger partial charge in [-0.25, -0.2) is 0 Å². The van der Waals surface area contributed by atoms with Gasteiger partial charge in [0, 0.05) is 30.7 Å². The van der Waals surface area contributed by atoms with E-state index in [0.29, 0.717) is 17.6 Å². The summed E-state index contributed by atoms with van der Waals surface area (Å²) in [7, 11) is 0. The van der Waals surface area contributed by atoms with Gasteiger partial charge in [-0.15, -0.1) is 0 Å². The van der Waals surface area contributed by atoms with Gasteiger partial charge in [0.15, 0.2) is 0 Å². The molecule has 1 aromatic rings. The summed E-state index contributed by atoms with van der Waals surface area (Å²) >= 11 is 6.15. The maximum Gasteiger partial charge on any atom is 0.234 e. The SMILES string of the molecule is CC(NC(=O)CN1CCNC[C@@H]1C)c1ccccc1Cl. The molecular formula is C15H22ClN3O. The highest BCUT2D eigenvalue weighted by atomic mass is 35.5. The molecule has 0 spiro atoms. The van der Waals surface area contributed by atoms with Crippen molar-refractivity contribution in [3.05, 3.63) is 34.9 Å². The van der Waals surface area contributed by atoms with Crippen molar-refractivity contribution in [3.63, 3.8) is 0 Å². The second-order valence-electron chi connectivity index (χ2n) is 5.33. The molecule has 1 aliphatic rings. The number of nitrogens with one attached hydrogen (secondary N) is 2. The lowest BCUT2D eigenvalue weighted by Crippen LogP contribution is -2.52. The first-order valence-corrected chi connectivity index (χ1v) is 7.44. The molecule has 1 amide bonds. The molecule has 20 heavy (non-hydrogen) atoms. The lowest BCUT2D eigenvalue weighted by atomic mass is 10.1. The summed E-state index contributed by atoms with van der Waals surface area (Å²) in [5, 5.41) is 7.03. The van der Waals surface area contributed by atoms with Crippen LogP contribution in [0.5, 0.6) is 0 Å². The van der Waals surface area contributed by atoms with Crippen molar-refractivity contribution in [1.82, 2.24) is 15.5 Å². The molecule has 2 N–H and O–H groups in total. The zero-order valence-corrected chi connectivity index (χ0v) is 12.8. The third-order valence-electron chi connectivity index (χ3n) is 3.73. The fraction of sp³-hybridized carbons (Fsp3) is 0.533. The quantitative estimate of drug-likeness (QED) is 0.890. The number of hydrogen-bond donors (Lipinski definition) is 2. The highest BCUT2D eigenvalue weighted by Gasteiger charge is 2.21. The second-order valence-corrected chi connectivity index (χ2v) is 5.74. The Morgan fingerprint density at radius 1 is 1.55 bits per heavy atom. The summed E-state index contributed by atoms with van der Waals surface area (Å²) in [6.45, 7) is 7.33. The summed E-state index contributed by atoms with van der Waals surface area (Å²) in [4.78, 5) is 14.3. The Labute approximate surface area is 125 Å². The van der Waals surface area contributed by atoms with Crippen LogP contribution < -0.4 is 10.6 Å². The van der Waals surface area contributed by atoms with Crippen LogP contribution in [0.15, 0.2) is 24.3 Å². The Morgan fingerprint density at radius 3 is 3.00 bits per heavy atom. The van der Waals surface area contributed by atoms with Crippen LogP contribution in [0.2, 0.25) is 5.02 Å². The van der Waals surface area contributed by atoms with E-state index in [9.17, 15) is 4.79 Å². The van der Waals surface area contributed by atoms with E-state index in [2.05, 4.69) is 22.5 Å². The maximum absolute atomic E-state index is 12.1. The minimum Gasteiger partial charge on any atom is -0.348 e. The van der Waals surface area contributed by atoms with Gasteiger partial charge >= 0.3 is 0 Å². The molecule has 0 radical (unpaired) electrons. The van der Waals surface area contributed by atoms with Crippen molar-refractivity contribution in [2.45, 2.75) is 25.9 Å². The normalized spacial score (nSPS) is 21.4. The zero-order valence-electron chi connectivity index (χ0n) is 12.0. The number of hydrogen-bond acceptors (Lipinski definition) is 3. The van der Waals surface area contributed by atoms with E-state index in [1.807, 2.05) is 31.2 Å². The highest BCUT2D eigenvalue weighted by Crippen LogP contribution is 2.22. The second kappa shape index (κ2) is 7.07. The molecule has 1 aromatic carbocycles. The molecule has 110 valence electrons. The Balaban J connectivity index is 1.89. The number of carbonyl (C=O) groups excluding carboxylic acids is 1. The van der Waals surface area contributed by atoms with E-state index in [0.717, 1.165) is 25.2 Å². The van der Waals surface area contributed by atoms with E-state index in [1.54, 1.807) is 0 Å². The predicted octanol–water partition coefficient (Wildman–Crippen LogP) is 1.81. The number of halogens is 1. The van der Waals surface area contributed by atoms with Gasteiger partial charge in [0.1, 0.15) is 0 Å². The Bertz CT molecular complexity index is 466. The van der Waals surface area contributed by atoms with Gasteiger partial charge in [-0.3, -0.25) is 9.69 Å². The van der Waals surface area contributed by atoms with Crippen molar-refractivity contribution >= 4 is 17.5 Å². The lowest BCUT2D eigenvalue weighted by Gasteiger charge is -2.33. The number of benzene rings is 1. The molecule has 0 aliphatic carbocycles. The Kier molecular flexibility index (Phi) is 5.40. The largest absolute Gasteiger partial charge is 0.348 e. The van der Waals surface area contributed by atoms with Crippen LogP contribution in [0.25, 0.3) is 0 Å². The first kappa shape index (κ1) is 15.3. The molecule has 0 saturated carbocycles. The Hall–Kier alpha value is -1.10. The minimum absolute atomic E-state index is 0.0474. The monoisotopic (exact) mass is 295 g/mol. The molecule has 1 aliphatic heterocycles. The van der Waals surface area contributed by atoms with Gasteiger partial charge < -0.3 is 10.6 Å². The topological polar surface area (TPSA) is 44.4 Å². The van der Waals surface area contributed by atoms with Crippen LogP contribution in [-0.2, 0) is 4.79 Å². The summed E-state index contributed by atoms with van der Waals surface area (Å²) < 4.78 is 0. The summed E-state index contributed by atoms with van der Waals surface area (Å²) in [6, 6.07) is 7.93. The van der Waals surface area contributed by atoms with Crippen LogP contribution in [-0.4, -0.2) is 43.0 Å². The highest BCUT2D eigenvalue weighted by molar-refractivity contribution is 6.31. The van der Waals surface area contributed by atoms with Crippen LogP contribution >= 0.6 is 11.6 Å². The van der Waals surface area contributed by atoms with Gasteiger partial charge in [-0.1, -0.05) is 29.8 Å². The lowest BCUT2D eigenvalue weighted by molar-refractivity contribution is -0.123. The van der Waals surface area contributed by atoms with Crippen molar-refractivity contribution < 1.29 is 4.79 Å². The van der Waals surface area contributed by atoms with E-state index in [4.69, 9.17) is 11.6 Å². The zero-order chi connectivity index (χ0) is 14.5. The van der Waals surface area contributed by atoms with E-state index in [1.165, 1.54) is 0 Å². The van der Waals surface area contributed by atoms with E-state index < -0.39 is 0 Å². The molecule has 1 heterocycles. The number of rotatable bonds is 4. The maximum atomic E-state index is 12.1. The average molecular weight is 296 g/mol. The van der Waals surface area contributed by atoms with Crippen molar-refractivity contribution in [2.24, 2.45) is 0 Å². The van der Waals surface area contributed by atoms with Crippen LogP contribution in [0.1, 0.15) is 25.5 Å². The van der Waals surface area contributed by atoms with Gasteiger partial charge in [0.05, 0.1) is 12.6 Å². The van der Waals surface area contributed by atoms with Crippen molar-refractivity contribution in [1.29, 1.82) is 0 Å². The van der Waals surface area contributed by atoms with Gasteiger partial charge in [-0.2, -0.15) is 0 Å². The molecule has 0 bridgehead atoms. The van der Waals surface area contributed by atoms with E-state index >= 15 is 0 Å². The molecule has 1 saturated heterocycles. The first-order chi connectivity index (χ1) is 9.58. The summed E-state index contributed by atoms with van der Waals surface area (Å²) in [6.07, 6.45) is 0. The molecule has 0 aromatic heterocycles. The van der Waals surface area contributed by atoms with Gasteiger partial charge in [0.2, 0.25) is 5.91 Å². The fourth-order valence-corrected chi connectivity index (χ4v) is 2.79. The number of piperazine rings is 1. The molecule has 1 fully saturated rings. The van der Waals surface area contributed by atoms with Crippen LogP contribution in [0.4, 0.5) is 0 Å². The first-order valence-electron chi connectivity index (χ1n) is 7.06. The molecule has 5 heteroatoms. The van der Waals surface area contributed by atoms with Gasteiger partial charge in [-0.05, 0) is 25.5 Å². The molecule has 1 unspecified atom stereocenters. The third-order valence-corrected chi connectivity index (χ3v) is 4.08. The van der Waals surface area contributed by atoms with Gasteiger partial charge in [0.25, 0.3) is 0 Å². The molecular weight excluding hydrogens is 274 g/mol. The number of nitrogens with zero attached hydrogens (tertiary/aromatic N) is 1. The fourth-order valence-electron chi connectivity index (χ4n) is 2.49. The molecule has 2 rings (SSSR count). The van der Waals surface area contributed by atoms with Crippen LogP contribution in [0, 0.1) is 0 Å². The smallest absolute Gasteiger partial charge is 0.234 e. The number of amides is 1. The molecule has 2 atom stereocenters. The third kappa shape index (κ3) is 3.95.